The molecule has 23 heavy (non-hydrogen) atoms. The minimum absolute atomic E-state index is 0.00148. The Labute approximate surface area is 147 Å². The Morgan fingerprint density at radius 2 is 1.87 bits per heavy atom. The molecule has 0 N–H and O–H groups in total. The Balaban J connectivity index is 2.37. The number of hydrogen-bond acceptors (Lipinski definition) is 1. The van der Waals surface area contributed by atoms with E-state index < -0.39 is 25.8 Å². The zero-order valence-electron chi connectivity index (χ0n) is 13.1. The summed E-state index contributed by atoms with van der Waals surface area (Å²) in [6.07, 6.45) is -4.52. The molecule has 0 saturated heterocycles. The highest BCUT2D eigenvalue weighted by Crippen LogP contribution is 2.39. The molecule has 0 amide bonds. The highest BCUT2D eigenvalue weighted by atomic mass is 127. The molecule has 0 unspecified atom stereocenters. The third kappa shape index (κ3) is 4.47. The summed E-state index contributed by atoms with van der Waals surface area (Å²) in [7, 11) is -1.31. The van der Waals surface area contributed by atoms with Gasteiger partial charge in [0.2, 0.25) is 0 Å². The molecule has 0 fully saturated rings. The fourth-order valence-electron chi connectivity index (χ4n) is 2.23. The summed E-state index contributed by atoms with van der Waals surface area (Å²) < 4.78 is 60.1. The molecule has 1 aromatic heterocycles. The van der Waals surface area contributed by atoms with Gasteiger partial charge < -0.3 is 9.30 Å². The van der Waals surface area contributed by atoms with Crippen LogP contribution in [0.15, 0.2) is 18.2 Å². The maximum absolute atomic E-state index is 13.4. The summed E-state index contributed by atoms with van der Waals surface area (Å²) in [4.78, 5) is 0. The second kappa shape index (κ2) is 6.71. The van der Waals surface area contributed by atoms with E-state index in [1.165, 1.54) is 6.07 Å². The highest BCUT2D eigenvalue weighted by molar-refractivity contribution is 14.1. The van der Waals surface area contributed by atoms with Crippen molar-refractivity contribution in [1.82, 2.24) is 4.57 Å². The van der Waals surface area contributed by atoms with Gasteiger partial charge in [-0.25, -0.2) is 4.39 Å². The number of nitrogens with zero attached hydrogens (tertiary/aromatic N) is 1. The average Bonchev–Trinajstić information content (AvgIpc) is 2.66. The van der Waals surface area contributed by atoms with E-state index in [2.05, 4.69) is 19.6 Å². The van der Waals surface area contributed by atoms with Crippen LogP contribution < -0.4 is 0 Å². The lowest BCUT2D eigenvalue weighted by Crippen LogP contribution is -2.22. The summed E-state index contributed by atoms with van der Waals surface area (Å²) in [6, 6.07) is 4.53. The number of fused-ring (bicyclic) bond motifs is 1. The number of aromatic nitrogens is 1. The van der Waals surface area contributed by atoms with E-state index in [-0.39, 0.29) is 15.7 Å². The second-order valence-electron chi connectivity index (χ2n) is 6.60. The number of halogens is 5. The van der Waals surface area contributed by atoms with Gasteiger partial charge in [0.15, 0.2) is 0 Å². The second-order valence-corrected chi connectivity index (χ2v) is 13.3. The zero-order valence-corrected chi connectivity index (χ0v) is 16.3. The standard InChI is InChI=1S/C15H18F4INOSi/c1-23(2,3)7-6-22-9-21-12-5-4-10(16)8-11(12)13(20)14(21)15(17,18)19/h4-5,8H,6-7,9H2,1-3H3. The summed E-state index contributed by atoms with van der Waals surface area (Å²) in [5.41, 5.74) is -0.456. The number of ether oxygens (including phenoxy) is 1. The van der Waals surface area contributed by atoms with Crippen LogP contribution in [-0.4, -0.2) is 19.2 Å². The van der Waals surface area contributed by atoms with Crippen molar-refractivity contribution in [2.45, 2.75) is 38.6 Å². The molecule has 0 bridgehead atoms. The Morgan fingerprint density at radius 3 is 2.43 bits per heavy atom. The van der Waals surface area contributed by atoms with Gasteiger partial charge in [0.1, 0.15) is 18.2 Å². The minimum atomic E-state index is -4.52. The first kappa shape index (κ1) is 18.7. The van der Waals surface area contributed by atoms with Crippen molar-refractivity contribution >= 4 is 41.6 Å². The van der Waals surface area contributed by atoms with Gasteiger partial charge in [0.05, 0.1) is 9.09 Å². The summed E-state index contributed by atoms with van der Waals surface area (Å²) in [5.74, 6) is -0.555. The van der Waals surface area contributed by atoms with Crippen molar-refractivity contribution in [2.75, 3.05) is 6.61 Å². The average molecular weight is 459 g/mol. The normalized spacial score (nSPS) is 13.0. The van der Waals surface area contributed by atoms with E-state index in [4.69, 9.17) is 4.74 Å². The molecule has 2 aromatic rings. The van der Waals surface area contributed by atoms with Crippen molar-refractivity contribution < 1.29 is 22.3 Å². The molecule has 0 radical (unpaired) electrons. The van der Waals surface area contributed by atoms with Gasteiger partial charge in [0, 0.05) is 20.1 Å². The quantitative estimate of drug-likeness (QED) is 0.242. The molecule has 0 aliphatic rings. The molecule has 1 aromatic carbocycles. The number of hydrogen-bond donors (Lipinski definition) is 0. The predicted molar refractivity (Wildman–Crippen MR) is 93.7 cm³/mol. The Hall–Kier alpha value is -0.613. The van der Waals surface area contributed by atoms with Gasteiger partial charge in [0.25, 0.3) is 0 Å². The van der Waals surface area contributed by atoms with Crippen LogP contribution in [0.2, 0.25) is 25.7 Å². The lowest BCUT2D eigenvalue weighted by molar-refractivity contribution is -0.146. The van der Waals surface area contributed by atoms with Gasteiger partial charge in [-0.1, -0.05) is 19.6 Å². The van der Waals surface area contributed by atoms with E-state index in [1.807, 2.05) is 0 Å². The fourth-order valence-corrected chi connectivity index (χ4v) is 4.02. The third-order valence-electron chi connectivity index (χ3n) is 3.45. The molecular formula is C15H18F4INOSi. The maximum Gasteiger partial charge on any atom is 0.432 e. The van der Waals surface area contributed by atoms with Gasteiger partial charge in [-0.05, 0) is 46.8 Å². The highest BCUT2D eigenvalue weighted by Gasteiger charge is 2.38. The molecule has 1 heterocycles. The van der Waals surface area contributed by atoms with Crippen LogP contribution >= 0.6 is 22.6 Å². The lowest BCUT2D eigenvalue weighted by Gasteiger charge is -2.17. The van der Waals surface area contributed by atoms with Crippen molar-refractivity contribution in [3.05, 3.63) is 33.3 Å². The predicted octanol–water partition coefficient (Wildman–Crippen LogP) is 5.72. The third-order valence-corrected chi connectivity index (χ3v) is 6.25. The number of alkyl halides is 3. The number of benzene rings is 1. The van der Waals surface area contributed by atoms with Crippen molar-refractivity contribution in [3.63, 3.8) is 0 Å². The maximum atomic E-state index is 13.4. The Kier molecular flexibility index (Phi) is 5.46. The SMILES string of the molecule is C[Si](C)(C)CCOCn1c(C(F)(F)F)c(I)c2cc(F)ccc21. The monoisotopic (exact) mass is 459 g/mol. The van der Waals surface area contributed by atoms with Gasteiger partial charge in [-0.15, -0.1) is 0 Å². The van der Waals surface area contributed by atoms with Crippen LogP contribution in [0.1, 0.15) is 5.69 Å². The van der Waals surface area contributed by atoms with Gasteiger partial charge >= 0.3 is 6.18 Å². The molecule has 0 aliphatic carbocycles. The van der Waals surface area contributed by atoms with E-state index in [1.54, 1.807) is 22.6 Å². The molecule has 8 heteroatoms. The number of rotatable bonds is 5. The van der Waals surface area contributed by atoms with Crippen LogP contribution in [-0.2, 0) is 17.6 Å². The zero-order chi connectivity index (χ0) is 17.4. The Bertz CT molecular complexity index is 706. The smallest absolute Gasteiger partial charge is 0.361 e. The molecular weight excluding hydrogens is 441 g/mol. The summed E-state index contributed by atoms with van der Waals surface area (Å²) >= 11 is 1.62. The van der Waals surface area contributed by atoms with Crippen LogP contribution in [0.5, 0.6) is 0 Å². The van der Waals surface area contributed by atoms with Gasteiger partial charge in [-0.2, -0.15) is 13.2 Å². The van der Waals surface area contributed by atoms with Crippen molar-refractivity contribution in [2.24, 2.45) is 0 Å². The van der Waals surface area contributed by atoms with Crippen molar-refractivity contribution in [1.29, 1.82) is 0 Å². The first-order valence-corrected chi connectivity index (χ1v) is 11.9. The summed E-state index contributed by atoms with van der Waals surface area (Å²) in [6.45, 7) is 6.76. The van der Waals surface area contributed by atoms with E-state index in [0.717, 1.165) is 22.7 Å². The van der Waals surface area contributed by atoms with E-state index in [9.17, 15) is 17.6 Å². The fraction of sp³-hybridized carbons (Fsp3) is 0.467. The van der Waals surface area contributed by atoms with Crippen LogP contribution in [0.25, 0.3) is 10.9 Å². The molecule has 2 nitrogen and oxygen atoms in total. The van der Waals surface area contributed by atoms with Crippen LogP contribution in [0.3, 0.4) is 0 Å². The summed E-state index contributed by atoms with van der Waals surface area (Å²) in [5, 5.41) is 0.256. The first-order valence-electron chi connectivity index (χ1n) is 7.13. The van der Waals surface area contributed by atoms with Crippen LogP contribution in [0.4, 0.5) is 17.6 Å². The first-order chi connectivity index (χ1) is 10.5. The minimum Gasteiger partial charge on any atom is -0.361 e. The molecule has 128 valence electrons. The molecule has 0 saturated carbocycles. The van der Waals surface area contributed by atoms with E-state index >= 15 is 0 Å². The van der Waals surface area contributed by atoms with Crippen LogP contribution in [0, 0.1) is 9.39 Å². The molecule has 2 rings (SSSR count). The van der Waals surface area contributed by atoms with E-state index in [0.29, 0.717) is 12.1 Å². The molecule has 0 spiro atoms. The lowest BCUT2D eigenvalue weighted by atomic mass is 10.2. The largest absolute Gasteiger partial charge is 0.432 e. The molecule has 0 aliphatic heterocycles. The Morgan fingerprint density at radius 1 is 1.22 bits per heavy atom. The van der Waals surface area contributed by atoms with Gasteiger partial charge in [-0.3, -0.25) is 0 Å². The van der Waals surface area contributed by atoms with Crippen molar-refractivity contribution in [3.8, 4) is 0 Å². The topological polar surface area (TPSA) is 14.2 Å². The molecule has 0 atom stereocenters.